The van der Waals surface area contributed by atoms with Crippen LogP contribution in [-0.4, -0.2) is 22.9 Å². The molecule has 0 amide bonds. The zero-order chi connectivity index (χ0) is 14.8. The Hall–Kier alpha value is -0.700. The smallest absolute Gasteiger partial charge is 0.208 e. The molecule has 0 spiro atoms. The average Bonchev–Trinajstić information content (AvgIpc) is 2.26. The van der Waals surface area contributed by atoms with Crippen molar-refractivity contribution in [2.45, 2.75) is 36.1 Å². The lowest BCUT2D eigenvalue weighted by molar-refractivity contribution is 0.537. The van der Waals surface area contributed by atoms with E-state index in [4.69, 9.17) is 10.7 Å². The van der Waals surface area contributed by atoms with Crippen LogP contribution in [0.25, 0.3) is 0 Å². The minimum atomic E-state index is -4.10. The highest BCUT2D eigenvalue weighted by atomic mass is 35.7. The molecule has 0 aliphatic carbocycles. The van der Waals surface area contributed by atoms with E-state index in [1.165, 1.54) is 0 Å². The lowest BCUT2D eigenvalue weighted by Crippen LogP contribution is -2.32. The van der Waals surface area contributed by atoms with Gasteiger partial charge in [0.25, 0.3) is 9.05 Å². The molecule has 19 heavy (non-hydrogen) atoms. The maximum Gasteiger partial charge on any atom is 0.261 e. The Morgan fingerprint density at radius 2 is 1.89 bits per heavy atom. The van der Waals surface area contributed by atoms with Gasteiger partial charge in [-0.2, -0.15) is 0 Å². The summed E-state index contributed by atoms with van der Waals surface area (Å²) in [6, 6.07) is 2.03. The molecule has 0 saturated carbocycles. The van der Waals surface area contributed by atoms with Gasteiger partial charge in [0.05, 0.1) is 4.90 Å². The first kappa shape index (κ1) is 16.4. The molecule has 0 saturated heterocycles. The SMILES string of the molecule is CCC(C)NS(=O)(=O)c1ccc(S(=O)(=O)Cl)cc1F. The summed E-state index contributed by atoms with van der Waals surface area (Å²) in [5, 5.41) is 0. The number of benzene rings is 1. The van der Waals surface area contributed by atoms with Crippen molar-refractivity contribution in [2.24, 2.45) is 0 Å². The molecule has 1 N–H and O–H groups in total. The Bertz CT molecular complexity index is 673. The Morgan fingerprint density at radius 1 is 1.32 bits per heavy atom. The molecule has 0 aliphatic rings. The van der Waals surface area contributed by atoms with E-state index in [9.17, 15) is 21.2 Å². The van der Waals surface area contributed by atoms with Gasteiger partial charge in [0.2, 0.25) is 10.0 Å². The summed E-state index contributed by atoms with van der Waals surface area (Å²) in [5.74, 6) is -1.17. The fraction of sp³-hybridized carbons (Fsp3) is 0.400. The van der Waals surface area contributed by atoms with Crippen LogP contribution in [0, 0.1) is 5.82 Å². The van der Waals surface area contributed by atoms with Crippen molar-refractivity contribution in [2.75, 3.05) is 0 Å². The fourth-order valence-corrected chi connectivity index (χ4v) is 3.41. The molecule has 0 radical (unpaired) electrons. The van der Waals surface area contributed by atoms with Crippen LogP contribution < -0.4 is 4.72 Å². The van der Waals surface area contributed by atoms with Gasteiger partial charge >= 0.3 is 0 Å². The second-order valence-electron chi connectivity index (χ2n) is 3.96. The minimum Gasteiger partial charge on any atom is -0.208 e. The van der Waals surface area contributed by atoms with Crippen LogP contribution in [0.15, 0.2) is 28.0 Å². The summed E-state index contributed by atoms with van der Waals surface area (Å²) >= 11 is 0. The van der Waals surface area contributed by atoms with Gasteiger partial charge in [0.15, 0.2) is 0 Å². The first-order chi connectivity index (χ1) is 8.58. The molecule has 1 aromatic carbocycles. The molecule has 0 aliphatic heterocycles. The number of halogens is 2. The van der Waals surface area contributed by atoms with Crippen LogP contribution in [0.2, 0.25) is 0 Å². The Labute approximate surface area is 116 Å². The van der Waals surface area contributed by atoms with E-state index >= 15 is 0 Å². The monoisotopic (exact) mass is 329 g/mol. The summed E-state index contributed by atoms with van der Waals surface area (Å²) in [6.07, 6.45) is 0.537. The van der Waals surface area contributed by atoms with Crippen molar-refractivity contribution in [1.29, 1.82) is 0 Å². The molecule has 0 heterocycles. The zero-order valence-electron chi connectivity index (χ0n) is 10.2. The van der Waals surface area contributed by atoms with Crippen molar-refractivity contribution < 1.29 is 21.2 Å². The van der Waals surface area contributed by atoms with E-state index in [2.05, 4.69) is 4.72 Å². The highest BCUT2D eigenvalue weighted by molar-refractivity contribution is 8.13. The third kappa shape index (κ3) is 4.13. The molecule has 0 fully saturated rings. The molecule has 108 valence electrons. The number of sulfonamides is 1. The lowest BCUT2D eigenvalue weighted by atomic mass is 10.3. The Kier molecular flexibility index (Phi) is 4.94. The van der Waals surface area contributed by atoms with Crippen molar-refractivity contribution in [3.8, 4) is 0 Å². The van der Waals surface area contributed by atoms with Crippen LogP contribution in [0.3, 0.4) is 0 Å². The van der Waals surface area contributed by atoms with E-state index < -0.39 is 34.7 Å². The van der Waals surface area contributed by atoms with Crippen molar-refractivity contribution >= 4 is 29.8 Å². The first-order valence-electron chi connectivity index (χ1n) is 5.34. The Morgan fingerprint density at radius 3 is 2.32 bits per heavy atom. The highest BCUT2D eigenvalue weighted by Gasteiger charge is 2.22. The van der Waals surface area contributed by atoms with Crippen molar-refractivity contribution in [3.05, 3.63) is 24.0 Å². The van der Waals surface area contributed by atoms with E-state index in [1.54, 1.807) is 13.8 Å². The van der Waals surface area contributed by atoms with Gasteiger partial charge in [-0.1, -0.05) is 6.92 Å². The van der Waals surface area contributed by atoms with Gasteiger partial charge in [0, 0.05) is 16.7 Å². The predicted molar refractivity (Wildman–Crippen MR) is 69.5 cm³/mol. The molecule has 0 aromatic heterocycles. The third-order valence-corrected chi connectivity index (χ3v) is 5.42. The van der Waals surface area contributed by atoms with E-state index in [0.29, 0.717) is 12.5 Å². The Balaban J connectivity index is 3.24. The maximum atomic E-state index is 13.7. The van der Waals surface area contributed by atoms with E-state index in [0.717, 1.165) is 12.1 Å². The van der Waals surface area contributed by atoms with Crippen LogP contribution >= 0.6 is 10.7 Å². The zero-order valence-corrected chi connectivity index (χ0v) is 12.6. The van der Waals surface area contributed by atoms with Gasteiger partial charge in [-0.25, -0.2) is 25.9 Å². The molecule has 9 heteroatoms. The summed E-state index contributed by atoms with van der Waals surface area (Å²) in [5.41, 5.74) is 0. The van der Waals surface area contributed by atoms with Gasteiger partial charge in [-0.3, -0.25) is 0 Å². The summed E-state index contributed by atoms with van der Waals surface area (Å²) in [7, 11) is -3.08. The second kappa shape index (κ2) is 5.74. The summed E-state index contributed by atoms with van der Waals surface area (Å²) < 4.78 is 61.7. The van der Waals surface area contributed by atoms with Gasteiger partial charge < -0.3 is 0 Å². The van der Waals surface area contributed by atoms with Gasteiger partial charge in [-0.05, 0) is 31.5 Å². The molecular weight excluding hydrogens is 317 g/mol. The highest BCUT2D eigenvalue weighted by Crippen LogP contribution is 2.21. The second-order valence-corrected chi connectivity index (χ2v) is 8.21. The largest absolute Gasteiger partial charge is 0.261 e. The van der Waals surface area contributed by atoms with Crippen molar-refractivity contribution in [1.82, 2.24) is 4.72 Å². The number of hydrogen-bond acceptors (Lipinski definition) is 4. The molecular formula is C10H13ClFNO4S2. The topological polar surface area (TPSA) is 80.3 Å². The molecule has 1 atom stereocenters. The molecule has 1 unspecified atom stereocenters. The van der Waals surface area contributed by atoms with E-state index in [1.807, 2.05) is 0 Å². The van der Waals surface area contributed by atoms with Gasteiger partial charge in [0.1, 0.15) is 10.7 Å². The summed E-state index contributed by atoms with van der Waals surface area (Å²) in [4.78, 5) is -1.11. The standard InChI is InChI=1S/C10H13ClFNO4S2/c1-3-7(2)13-19(16,17)10-5-4-8(6-9(10)12)18(11,14)15/h4-7,13H,3H2,1-2H3. The predicted octanol–water partition coefficient (Wildman–Crippen LogP) is 1.83. The quantitative estimate of drug-likeness (QED) is 0.836. The molecule has 1 rings (SSSR count). The molecule has 1 aromatic rings. The number of hydrogen-bond donors (Lipinski definition) is 1. The number of rotatable bonds is 5. The average molecular weight is 330 g/mol. The van der Waals surface area contributed by atoms with E-state index in [-0.39, 0.29) is 6.04 Å². The summed E-state index contributed by atoms with van der Waals surface area (Å²) in [6.45, 7) is 3.40. The first-order valence-corrected chi connectivity index (χ1v) is 9.13. The van der Waals surface area contributed by atoms with Crippen LogP contribution in [-0.2, 0) is 19.1 Å². The van der Waals surface area contributed by atoms with Crippen molar-refractivity contribution in [3.63, 3.8) is 0 Å². The fourth-order valence-electron chi connectivity index (χ4n) is 1.26. The van der Waals surface area contributed by atoms with Crippen LogP contribution in [0.4, 0.5) is 4.39 Å². The third-order valence-electron chi connectivity index (χ3n) is 2.44. The van der Waals surface area contributed by atoms with Gasteiger partial charge in [-0.15, -0.1) is 0 Å². The minimum absolute atomic E-state index is 0.360. The molecule has 0 bridgehead atoms. The maximum absolute atomic E-state index is 13.7. The van der Waals surface area contributed by atoms with Crippen LogP contribution in [0.1, 0.15) is 20.3 Å². The van der Waals surface area contributed by atoms with Crippen LogP contribution in [0.5, 0.6) is 0 Å². The molecule has 5 nitrogen and oxygen atoms in total. The number of nitrogens with one attached hydrogen (secondary N) is 1. The normalized spacial score (nSPS) is 14.3. The lowest BCUT2D eigenvalue weighted by Gasteiger charge is -2.12.